The Labute approximate surface area is 185 Å². The van der Waals surface area contributed by atoms with E-state index in [9.17, 15) is 4.79 Å². The van der Waals surface area contributed by atoms with Gasteiger partial charge < -0.3 is 0 Å². The minimum Gasteiger partial charge on any atom is -0.268 e. The molecular formula is C27H22N2OS. The highest BCUT2D eigenvalue weighted by Crippen LogP contribution is 2.29. The lowest BCUT2D eigenvalue weighted by Crippen LogP contribution is -2.22. The Morgan fingerprint density at radius 2 is 1.58 bits per heavy atom. The van der Waals surface area contributed by atoms with E-state index in [0.29, 0.717) is 10.5 Å². The van der Waals surface area contributed by atoms with Crippen LogP contribution in [0.4, 0.5) is 0 Å². The molecule has 1 aromatic heterocycles. The van der Waals surface area contributed by atoms with E-state index in [1.165, 1.54) is 21.9 Å². The van der Waals surface area contributed by atoms with E-state index in [4.69, 9.17) is 4.98 Å². The van der Waals surface area contributed by atoms with E-state index < -0.39 is 0 Å². The standard InChI is InChI=1S/C27H22N2OS/c1-18-14-15-25(19(2)16-18)29-26(30)23-12-5-6-13-24(23)28-27(29)31-17-21-10-7-9-20-8-3-4-11-22(20)21/h3-16H,17H2,1-2H3. The summed E-state index contributed by atoms with van der Waals surface area (Å²) < 4.78 is 1.77. The molecule has 0 spiro atoms. The van der Waals surface area contributed by atoms with Gasteiger partial charge in [-0.3, -0.25) is 9.36 Å². The number of aromatic nitrogens is 2. The largest absolute Gasteiger partial charge is 0.268 e. The fourth-order valence-corrected chi connectivity index (χ4v) is 5.05. The molecule has 4 aromatic carbocycles. The van der Waals surface area contributed by atoms with Crippen LogP contribution in [0, 0.1) is 13.8 Å². The van der Waals surface area contributed by atoms with Gasteiger partial charge in [-0.05, 0) is 53.9 Å². The van der Waals surface area contributed by atoms with E-state index in [-0.39, 0.29) is 5.56 Å². The summed E-state index contributed by atoms with van der Waals surface area (Å²) in [5.41, 5.74) is 5.05. The predicted molar refractivity (Wildman–Crippen MR) is 130 cm³/mol. The molecule has 0 aliphatic heterocycles. The fraction of sp³-hybridized carbons (Fsp3) is 0.111. The van der Waals surface area contributed by atoms with Gasteiger partial charge in [-0.15, -0.1) is 0 Å². The van der Waals surface area contributed by atoms with Crippen molar-refractivity contribution in [3.63, 3.8) is 0 Å². The molecule has 0 bridgehead atoms. The molecule has 0 atom stereocenters. The van der Waals surface area contributed by atoms with Crippen LogP contribution in [0.1, 0.15) is 16.7 Å². The zero-order chi connectivity index (χ0) is 21.4. The zero-order valence-corrected chi connectivity index (χ0v) is 18.3. The molecule has 0 radical (unpaired) electrons. The molecule has 5 rings (SSSR count). The lowest BCUT2D eigenvalue weighted by molar-refractivity contribution is 0.814. The Balaban J connectivity index is 1.66. The summed E-state index contributed by atoms with van der Waals surface area (Å²) in [6.07, 6.45) is 0. The molecule has 152 valence electrons. The minimum atomic E-state index is -0.0297. The third-order valence-corrected chi connectivity index (χ3v) is 6.56. The van der Waals surface area contributed by atoms with Crippen LogP contribution in [-0.4, -0.2) is 9.55 Å². The van der Waals surface area contributed by atoms with Crippen molar-refractivity contribution in [3.05, 3.63) is 112 Å². The highest BCUT2D eigenvalue weighted by Gasteiger charge is 2.15. The highest BCUT2D eigenvalue weighted by molar-refractivity contribution is 7.98. The molecule has 0 aliphatic carbocycles. The normalized spacial score (nSPS) is 11.3. The molecular weight excluding hydrogens is 400 g/mol. The summed E-state index contributed by atoms with van der Waals surface area (Å²) in [5.74, 6) is 0.733. The first kappa shape index (κ1) is 19.6. The molecule has 0 unspecified atom stereocenters. The number of hydrogen-bond donors (Lipinski definition) is 0. The van der Waals surface area contributed by atoms with Crippen LogP contribution >= 0.6 is 11.8 Å². The number of benzene rings is 4. The highest BCUT2D eigenvalue weighted by atomic mass is 32.2. The first-order valence-corrected chi connectivity index (χ1v) is 11.3. The van der Waals surface area contributed by atoms with Crippen molar-refractivity contribution >= 4 is 33.4 Å². The number of aryl methyl sites for hydroxylation is 2. The van der Waals surface area contributed by atoms with Crippen molar-refractivity contribution in [3.8, 4) is 5.69 Å². The average molecular weight is 423 g/mol. The molecule has 0 saturated carbocycles. The van der Waals surface area contributed by atoms with E-state index in [2.05, 4.69) is 55.5 Å². The van der Waals surface area contributed by atoms with E-state index in [1.807, 2.05) is 43.3 Å². The number of fused-ring (bicyclic) bond motifs is 2. The second kappa shape index (κ2) is 8.05. The Morgan fingerprint density at radius 1 is 0.839 bits per heavy atom. The van der Waals surface area contributed by atoms with Gasteiger partial charge in [0.1, 0.15) is 0 Å². The second-order valence-electron chi connectivity index (χ2n) is 7.77. The maximum atomic E-state index is 13.5. The summed E-state index contributed by atoms with van der Waals surface area (Å²) in [6.45, 7) is 4.11. The average Bonchev–Trinajstić information content (AvgIpc) is 2.78. The minimum absolute atomic E-state index is 0.0297. The molecule has 0 fully saturated rings. The smallest absolute Gasteiger partial charge is 0.266 e. The quantitative estimate of drug-likeness (QED) is 0.247. The Hall–Kier alpha value is -3.37. The van der Waals surface area contributed by atoms with Crippen LogP contribution in [0.5, 0.6) is 0 Å². The molecule has 4 heteroatoms. The van der Waals surface area contributed by atoms with Crippen molar-refractivity contribution in [2.24, 2.45) is 0 Å². The van der Waals surface area contributed by atoms with Crippen molar-refractivity contribution in [1.29, 1.82) is 0 Å². The van der Waals surface area contributed by atoms with Crippen LogP contribution in [0.3, 0.4) is 0 Å². The predicted octanol–water partition coefficient (Wildman–Crippen LogP) is 6.45. The van der Waals surface area contributed by atoms with Gasteiger partial charge in [0.15, 0.2) is 5.16 Å². The van der Waals surface area contributed by atoms with Crippen molar-refractivity contribution in [1.82, 2.24) is 9.55 Å². The zero-order valence-electron chi connectivity index (χ0n) is 17.5. The number of para-hydroxylation sites is 1. The monoisotopic (exact) mass is 422 g/mol. The summed E-state index contributed by atoms with van der Waals surface area (Å²) in [4.78, 5) is 18.4. The van der Waals surface area contributed by atoms with Gasteiger partial charge in [0.25, 0.3) is 5.56 Å². The first-order valence-electron chi connectivity index (χ1n) is 10.3. The van der Waals surface area contributed by atoms with Crippen molar-refractivity contribution in [2.45, 2.75) is 24.8 Å². The Morgan fingerprint density at radius 3 is 2.42 bits per heavy atom. The van der Waals surface area contributed by atoms with Crippen molar-refractivity contribution < 1.29 is 0 Å². The topological polar surface area (TPSA) is 34.9 Å². The maximum absolute atomic E-state index is 13.5. The summed E-state index contributed by atoms with van der Waals surface area (Å²) in [6, 6.07) is 28.5. The van der Waals surface area contributed by atoms with Gasteiger partial charge in [-0.2, -0.15) is 0 Å². The van der Waals surface area contributed by atoms with Crippen LogP contribution in [0.25, 0.3) is 27.4 Å². The third kappa shape index (κ3) is 3.64. The van der Waals surface area contributed by atoms with E-state index in [0.717, 1.165) is 22.5 Å². The SMILES string of the molecule is Cc1ccc(-n2c(SCc3cccc4ccccc34)nc3ccccc3c2=O)c(C)c1. The van der Waals surface area contributed by atoms with Gasteiger partial charge in [-0.1, -0.05) is 84.1 Å². The number of nitrogens with zero attached hydrogens (tertiary/aromatic N) is 2. The van der Waals surface area contributed by atoms with Gasteiger partial charge in [0.2, 0.25) is 0 Å². The summed E-state index contributed by atoms with van der Waals surface area (Å²) >= 11 is 1.60. The maximum Gasteiger partial charge on any atom is 0.266 e. The summed E-state index contributed by atoms with van der Waals surface area (Å²) in [7, 11) is 0. The van der Waals surface area contributed by atoms with E-state index in [1.54, 1.807) is 16.3 Å². The van der Waals surface area contributed by atoms with Crippen LogP contribution in [0.15, 0.2) is 94.9 Å². The molecule has 0 amide bonds. The van der Waals surface area contributed by atoms with Crippen LogP contribution in [0.2, 0.25) is 0 Å². The molecule has 1 heterocycles. The molecule has 5 aromatic rings. The third-order valence-electron chi connectivity index (χ3n) is 5.57. The second-order valence-corrected chi connectivity index (χ2v) is 8.71. The van der Waals surface area contributed by atoms with Crippen molar-refractivity contribution in [2.75, 3.05) is 0 Å². The Kier molecular flexibility index (Phi) is 5.08. The number of thioether (sulfide) groups is 1. The number of rotatable bonds is 4. The van der Waals surface area contributed by atoms with Gasteiger partial charge >= 0.3 is 0 Å². The first-order chi connectivity index (χ1) is 15.1. The van der Waals surface area contributed by atoms with Crippen LogP contribution in [-0.2, 0) is 5.75 Å². The molecule has 0 saturated heterocycles. The fourth-order valence-electron chi connectivity index (χ4n) is 4.04. The van der Waals surface area contributed by atoms with Crippen LogP contribution < -0.4 is 5.56 Å². The van der Waals surface area contributed by atoms with Gasteiger partial charge in [0.05, 0.1) is 16.6 Å². The lowest BCUT2D eigenvalue weighted by atomic mass is 10.1. The Bertz CT molecular complexity index is 1480. The lowest BCUT2D eigenvalue weighted by Gasteiger charge is -2.16. The number of hydrogen-bond acceptors (Lipinski definition) is 3. The molecule has 0 N–H and O–H groups in total. The molecule has 0 aliphatic rings. The van der Waals surface area contributed by atoms with E-state index >= 15 is 0 Å². The molecule has 3 nitrogen and oxygen atoms in total. The van der Waals surface area contributed by atoms with Gasteiger partial charge in [-0.25, -0.2) is 4.98 Å². The summed E-state index contributed by atoms with van der Waals surface area (Å²) in [5, 5.41) is 3.80. The molecule has 31 heavy (non-hydrogen) atoms. The van der Waals surface area contributed by atoms with Gasteiger partial charge in [0, 0.05) is 5.75 Å².